The fourth-order valence-corrected chi connectivity index (χ4v) is 2.15. The molecule has 0 saturated heterocycles. The topological polar surface area (TPSA) is 41.1 Å². The average Bonchev–Trinajstić information content (AvgIpc) is 2.49. The lowest BCUT2D eigenvalue weighted by molar-refractivity contribution is -0.137. The molecule has 23 heavy (non-hydrogen) atoms. The summed E-state index contributed by atoms with van der Waals surface area (Å²) in [6, 6.07) is 11.9. The molecule has 7 heteroatoms. The number of amides is 1. The Morgan fingerprint density at radius 1 is 1.00 bits per heavy atom. The smallest absolute Gasteiger partial charge is 0.384 e. The maximum absolute atomic E-state index is 12.8. The summed E-state index contributed by atoms with van der Waals surface area (Å²) in [6.45, 7) is 0.0728. The number of alkyl halides is 3. The van der Waals surface area contributed by atoms with Crippen molar-refractivity contribution in [3.05, 3.63) is 59.1 Å². The van der Waals surface area contributed by atoms with Crippen molar-refractivity contribution in [2.75, 3.05) is 17.2 Å². The maximum atomic E-state index is 12.8. The van der Waals surface area contributed by atoms with Gasteiger partial charge in [-0.1, -0.05) is 35.9 Å². The average molecular weight is 343 g/mol. The summed E-state index contributed by atoms with van der Waals surface area (Å²) >= 11 is 5.91. The van der Waals surface area contributed by atoms with E-state index < -0.39 is 11.7 Å². The van der Waals surface area contributed by atoms with Crippen molar-refractivity contribution in [3.63, 3.8) is 0 Å². The zero-order valence-corrected chi connectivity index (χ0v) is 12.7. The summed E-state index contributed by atoms with van der Waals surface area (Å²) in [4.78, 5) is 11.8. The Morgan fingerprint density at radius 2 is 1.61 bits per heavy atom. The number of hydrogen-bond acceptors (Lipinski definition) is 2. The fourth-order valence-electron chi connectivity index (χ4n) is 1.97. The summed E-state index contributed by atoms with van der Waals surface area (Å²) < 4.78 is 38.5. The fraction of sp³-hybridized carbons (Fsp3) is 0.188. The summed E-state index contributed by atoms with van der Waals surface area (Å²) in [5.41, 5.74) is -0.341. The first kappa shape index (κ1) is 17.1. The highest BCUT2D eigenvalue weighted by Crippen LogP contribution is 2.34. The molecule has 0 unspecified atom stereocenters. The second-order valence-corrected chi connectivity index (χ2v) is 5.16. The molecular formula is C16H14ClF3N2O. The SMILES string of the molecule is O=C(CCNc1ccccc1C(F)(F)F)Nc1ccccc1Cl. The molecule has 0 spiro atoms. The van der Waals surface area contributed by atoms with Crippen molar-refractivity contribution in [3.8, 4) is 0 Å². The number of carbonyl (C=O) groups is 1. The zero-order valence-electron chi connectivity index (χ0n) is 12.0. The minimum Gasteiger partial charge on any atom is -0.384 e. The van der Waals surface area contributed by atoms with Gasteiger partial charge in [-0.05, 0) is 24.3 Å². The lowest BCUT2D eigenvalue weighted by atomic mass is 10.1. The summed E-state index contributed by atoms with van der Waals surface area (Å²) in [7, 11) is 0. The molecule has 0 atom stereocenters. The molecule has 2 aromatic carbocycles. The molecule has 2 N–H and O–H groups in total. The number of nitrogens with one attached hydrogen (secondary N) is 2. The molecular weight excluding hydrogens is 329 g/mol. The van der Waals surface area contributed by atoms with Crippen LogP contribution in [0.5, 0.6) is 0 Å². The molecule has 0 aromatic heterocycles. The van der Waals surface area contributed by atoms with Crippen molar-refractivity contribution < 1.29 is 18.0 Å². The van der Waals surface area contributed by atoms with Gasteiger partial charge in [-0.25, -0.2) is 0 Å². The van der Waals surface area contributed by atoms with Crippen LogP contribution in [-0.4, -0.2) is 12.5 Å². The Kier molecular flexibility index (Phi) is 5.50. The number of benzene rings is 2. The second-order valence-electron chi connectivity index (χ2n) is 4.75. The standard InChI is InChI=1S/C16H14ClF3N2O/c17-12-6-2-4-8-14(12)22-15(23)9-10-21-13-7-3-1-5-11(13)16(18,19)20/h1-8,21H,9-10H2,(H,22,23). The Bertz CT molecular complexity index is 689. The van der Waals surface area contributed by atoms with E-state index in [9.17, 15) is 18.0 Å². The first-order chi connectivity index (χ1) is 10.9. The monoisotopic (exact) mass is 342 g/mol. The van der Waals surface area contributed by atoms with Crippen molar-refractivity contribution in [1.82, 2.24) is 0 Å². The highest BCUT2D eigenvalue weighted by atomic mass is 35.5. The van der Waals surface area contributed by atoms with E-state index in [-0.39, 0.29) is 24.6 Å². The number of para-hydroxylation sites is 2. The predicted octanol–water partition coefficient (Wildman–Crippen LogP) is 4.80. The second kappa shape index (κ2) is 7.37. The van der Waals surface area contributed by atoms with Crippen LogP contribution in [-0.2, 0) is 11.0 Å². The first-order valence-electron chi connectivity index (χ1n) is 6.82. The number of hydrogen-bond donors (Lipinski definition) is 2. The molecule has 2 rings (SSSR count). The van der Waals surface area contributed by atoms with Gasteiger partial charge >= 0.3 is 6.18 Å². The molecule has 2 aromatic rings. The summed E-state index contributed by atoms with van der Waals surface area (Å²) in [5, 5.41) is 5.64. The van der Waals surface area contributed by atoms with Gasteiger partial charge in [-0.2, -0.15) is 13.2 Å². The molecule has 0 bridgehead atoms. The number of anilines is 2. The van der Waals surface area contributed by atoms with Crippen molar-refractivity contribution in [1.29, 1.82) is 0 Å². The van der Waals surface area contributed by atoms with Gasteiger partial charge in [0.05, 0.1) is 16.3 Å². The van der Waals surface area contributed by atoms with Gasteiger partial charge in [0.1, 0.15) is 0 Å². The van der Waals surface area contributed by atoms with Crippen molar-refractivity contribution >= 4 is 28.9 Å². The van der Waals surface area contributed by atoms with Crippen LogP contribution < -0.4 is 10.6 Å². The van der Waals surface area contributed by atoms with Crippen LogP contribution in [0.3, 0.4) is 0 Å². The molecule has 1 amide bonds. The summed E-state index contributed by atoms with van der Waals surface area (Å²) in [6.07, 6.45) is -4.43. The quantitative estimate of drug-likeness (QED) is 0.819. The highest BCUT2D eigenvalue weighted by molar-refractivity contribution is 6.33. The van der Waals surface area contributed by atoms with E-state index in [0.29, 0.717) is 10.7 Å². The molecule has 0 aliphatic heterocycles. The summed E-state index contributed by atoms with van der Waals surface area (Å²) in [5.74, 6) is -0.338. The van der Waals surface area contributed by atoms with Gasteiger partial charge in [-0.3, -0.25) is 4.79 Å². The Labute approximate surface area is 136 Å². The van der Waals surface area contributed by atoms with Gasteiger partial charge in [0, 0.05) is 18.7 Å². The van der Waals surface area contributed by atoms with Gasteiger partial charge in [0.25, 0.3) is 0 Å². The van der Waals surface area contributed by atoms with Crippen LogP contribution in [0.2, 0.25) is 5.02 Å². The Hall–Kier alpha value is -2.21. The van der Waals surface area contributed by atoms with Crippen LogP contribution in [0.1, 0.15) is 12.0 Å². The molecule has 0 fully saturated rings. The first-order valence-corrected chi connectivity index (χ1v) is 7.20. The highest BCUT2D eigenvalue weighted by Gasteiger charge is 2.32. The minimum atomic E-state index is -4.44. The van der Waals surface area contributed by atoms with Crippen LogP contribution in [0.15, 0.2) is 48.5 Å². The third-order valence-corrected chi connectivity index (χ3v) is 3.38. The van der Waals surface area contributed by atoms with E-state index in [1.165, 1.54) is 18.2 Å². The molecule has 0 heterocycles. The van der Waals surface area contributed by atoms with Crippen LogP contribution in [0.25, 0.3) is 0 Å². The van der Waals surface area contributed by atoms with Crippen molar-refractivity contribution in [2.45, 2.75) is 12.6 Å². The van der Waals surface area contributed by atoms with Crippen LogP contribution >= 0.6 is 11.6 Å². The molecule has 0 aliphatic carbocycles. The van der Waals surface area contributed by atoms with E-state index in [0.717, 1.165) is 6.07 Å². The minimum absolute atomic E-state index is 0.0113. The number of rotatable bonds is 5. The third kappa shape index (κ3) is 4.89. The van der Waals surface area contributed by atoms with Gasteiger partial charge in [0.15, 0.2) is 0 Å². The van der Waals surface area contributed by atoms with E-state index in [4.69, 9.17) is 11.6 Å². The van der Waals surface area contributed by atoms with Gasteiger partial charge in [-0.15, -0.1) is 0 Å². The lowest BCUT2D eigenvalue weighted by Gasteiger charge is -2.14. The Morgan fingerprint density at radius 3 is 2.26 bits per heavy atom. The number of carbonyl (C=O) groups excluding carboxylic acids is 1. The molecule has 0 radical (unpaired) electrons. The van der Waals surface area contributed by atoms with Crippen LogP contribution in [0.4, 0.5) is 24.5 Å². The lowest BCUT2D eigenvalue weighted by Crippen LogP contribution is -2.18. The van der Waals surface area contributed by atoms with Crippen molar-refractivity contribution in [2.24, 2.45) is 0 Å². The molecule has 3 nitrogen and oxygen atoms in total. The number of halogens is 4. The van der Waals surface area contributed by atoms with E-state index in [1.54, 1.807) is 24.3 Å². The predicted molar refractivity (Wildman–Crippen MR) is 84.6 cm³/mol. The maximum Gasteiger partial charge on any atom is 0.418 e. The molecule has 122 valence electrons. The molecule has 0 saturated carbocycles. The van der Waals surface area contributed by atoms with E-state index in [1.807, 2.05) is 0 Å². The van der Waals surface area contributed by atoms with Gasteiger partial charge < -0.3 is 10.6 Å². The van der Waals surface area contributed by atoms with Gasteiger partial charge in [0.2, 0.25) is 5.91 Å². The normalized spacial score (nSPS) is 11.1. The van der Waals surface area contributed by atoms with Crippen LogP contribution in [0, 0.1) is 0 Å². The zero-order chi connectivity index (χ0) is 16.9. The van der Waals surface area contributed by atoms with E-state index in [2.05, 4.69) is 10.6 Å². The third-order valence-electron chi connectivity index (χ3n) is 3.05. The largest absolute Gasteiger partial charge is 0.418 e. The van der Waals surface area contributed by atoms with E-state index >= 15 is 0 Å². The Balaban J connectivity index is 1.91. The molecule has 0 aliphatic rings.